The molecule has 0 spiro atoms. The van der Waals surface area contributed by atoms with Crippen molar-refractivity contribution in [2.24, 2.45) is 0 Å². The van der Waals surface area contributed by atoms with E-state index in [0.717, 1.165) is 30.1 Å². The number of esters is 2. The summed E-state index contributed by atoms with van der Waals surface area (Å²) in [5.74, 6) is 0.191. The fraction of sp³-hybridized carbons (Fsp3) is 0.361. The lowest BCUT2D eigenvalue weighted by Gasteiger charge is -2.26. The summed E-state index contributed by atoms with van der Waals surface area (Å²) in [5, 5.41) is 4.07. The van der Waals surface area contributed by atoms with Crippen LogP contribution in [0.5, 0.6) is 11.5 Å². The van der Waals surface area contributed by atoms with Crippen LogP contribution >= 0.6 is 34.5 Å². The molecule has 0 saturated carbocycles. The highest BCUT2D eigenvalue weighted by molar-refractivity contribution is 7.13. The summed E-state index contributed by atoms with van der Waals surface area (Å²) in [7, 11) is 3.09. The van der Waals surface area contributed by atoms with Gasteiger partial charge in [0.2, 0.25) is 0 Å². The number of piperidine rings is 1. The highest BCUT2D eigenvalue weighted by Gasteiger charge is 2.25. The summed E-state index contributed by atoms with van der Waals surface area (Å²) < 4.78 is 22.7. The number of pyridine rings is 1. The number of nitrogens with one attached hydrogen (secondary N) is 1. The quantitative estimate of drug-likeness (QED) is 0.126. The fourth-order valence-corrected chi connectivity index (χ4v) is 6.96. The number of ether oxygens (including phenoxy) is 4. The summed E-state index contributed by atoms with van der Waals surface area (Å²) in [4.78, 5) is 34.4. The zero-order valence-corrected chi connectivity index (χ0v) is 29.3. The third-order valence-corrected chi connectivity index (χ3v) is 9.90. The van der Waals surface area contributed by atoms with Crippen molar-refractivity contribution >= 4 is 46.5 Å². The van der Waals surface area contributed by atoms with Gasteiger partial charge in [0.05, 0.1) is 24.3 Å². The molecule has 1 fully saturated rings. The Balaban J connectivity index is 1.27. The molecule has 1 saturated heterocycles. The van der Waals surface area contributed by atoms with Crippen LogP contribution in [0.2, 0.25) is 10.0 Å². The first kappa shape index (κ1) is 35.6. The summed E-state index contributed by atoms with van der Waals surface area (Å²) >= 11 is 14.2. The predicted octanol–water partition coefficient (Wildman–Crippen LogP) is 7.47. The monoisotopic (exact) mass is 711 g/mol. The molecule has 0 aliphatic carbocycles. The number of halogens is 2. The molecule has 1 N–H and O–H groups in total. The van der Waals surface area contributed by atoms with Gasteiger partial charge in [0.1, 0.15) is 23.6 Å². The molecule has 2 aromatic carbocycles. The molecule has 1 unspecified atom stereocenters. The van der Waals surface area contributed by atoms with E-state index in [1.165, 1.54) is 50.1 Å². The maximum atomic E-state index is 13.6. The van der Waals surface area contributed by atoms with Gasteiger partial charge < -0.3 is 18.9 Å². The van der Waals surface area contributed by atoms with Gasteiger partial charge in [0, 0.05) is 36.8 Å². The van der Waals surface area contributed by atoms with Crippen LogP contribution in [0.4, 0.5) is 0 Å². The zero-order chi connectivity index (χ0) is 33.9. The van der Waals surface area contributed by atoms with Gasteiger partial charge in [-0.15, -0.1) is 11.3 Å². The van der Waals surface area contributed by atoms with Crippen molar-refractivity contribution in [1.29, 1.82) is 0 Å². The van der Waals surface area contributed by atoms with Gasteiger partial charge in [0.15, 0.2) is 11.5 Å². The van der Waals surface area contributed by atoms with Crippen LogP contribution in [-0.4, -0.2) is 62.3 Å². The number of carbonyl (C=O) groups excluding carboxylic acids is 2. The SMILES string of the molecule is COc1ccc([C@H](Cc2c(Cl)cncc2Cl)OC(=O)c2ccc(CNC(C(=O)OCCN3CCCCC3)c3ccccc3)s2)cc1OC. The van der Waals surface area contributed by atoms with Crippen molar-refractivity contribution in [3.8, 4) is 11.5 Å². The average Bonchev–Trinajstić information content (AvgIpc) is 3.59. The molecule has 1 aliphatic rings. The van der Waals surface area contributed by atoms with Crippen LogP contribution in [0.3, 0.4) is 0 Å². The summed E-state index contributed by atoms with van der Waals surface area (Å²) in [5.41, 5.74) is 2.09. The molecule has 254 valence electrons. The van der Waals surface area contributed by atoms with Gasteiger partial charge in [-0.05, 0) is 66.9 Å². The molecule has 0 amide bonds. The lowest BCUT2D eigenvalue weighted by molar-refractivity contribution is -0.147. The molecule has 0 radical (unpaired) electrons. The number of rotatable bonds is 15. The molecule has 1 aliphatic heterocycles. The minimum absolute atomic E-state index is 0.208. The Bertz CT molecular complexity index is 1640. The van der Waals surface area contributed by atoms with Crippen LogP contribution in [-0.2, 0) is 27.2 Å². The van der Waals surface area contributed by atoms with Gasteiger partial charge in [-0.25, -0.2) is 9.59 Å². The van der Waals surface area contributed by atoms with Gasteiger partial charge in [0.25, 0.3) is 0 Å². The van der Waals surface area contributed by atoms with Crippen molar-refractivity contribution in [1.82, 2.24) is 15.2 Å². The number of thiophene rings is 1. The number of benzene rings is 2. The second-order valence-electron chi connectivity index (χ2n) is 11.4. The highest BCUT2D eigenvalue weighted by Crippen LogP contribution is 2.36. The average molecular weight is 713 g/mol. The first-order valence-corrected chi connectivity index (χ1v) is 17.4. The van der Waals surface area contributed by atoms with E-state index >= 15 is 0 Å². The van der Waals surface area contributed by atoms with E-state index < -0.39 is 18.1 Å². The predicted molar refractivity (Wildman–Crippen MR) is 187 cm³/mol. The lowest BCUT2D eigenvalue weighted by atomic mass is 10.0. The normalized spacial score (nSPS) is 14.6. The van der Waals surface area contributed by atoms with E-state index in [4.69, 9.17) is 42.1 Å². The number of carbonyl (C=O) groups is 2. The van der Waals surface area contributed by atoms with Crippen LogP contribution < -0.4 is 14.8 Å². The summed E-state index contributed by atoms with van der Waals surface area (Å²) in [6.45, 7) is 3.51. The van der Waals surface area contributed by atoms with Crippen LogP contribution in [0.15, 0.2) is 73.1 Å². The van der Waals surface area contributed by atoms with E-state index in [0.29, 0.717) is 50.7 Å². The van der Waals surface area contributed by atoms with Gasteiger partial charge in [-0.3, -0.25) is 15.2 Å². The van der Waals surface area contributed by atoms with E-state index in [9.17, 15) is 9.59 Å². The Kier molecular flexibility index (Phi) is 13.1. The fourth-order valence-electron chi connectivity index (χ4n) is 5.60. The molecular weight excluding hydrogens is 673 g/mol. The number of hydrogen-bond donors (Lipinski definition) is 1. The van der Waals surface area contributed by atoms with Crippen LogP contribution in [0, 0.1) is 0 Å². The van der Waals surface area contributed by atoms with Crippen molar-refractivity contribution in [2.45, 2.75) is 44.4 Å². The third-order valence-electron chi connectivity index (χ3n) is 8.18. The first-order valence-electron chi connectivity index (χ1n) is 15.8. The highest BCUT2D eigenvalue weighted by atomic mass is 35.5. The molecule has 0 bridgehead atoms. The van der Waals surface area contributed by atoms with E-state index in [1.807, 2.05) is 36.4 Å². The second-order valence-corrected chi connectivity index (χ2v) is 13.3. The smallest absolute Gasteiger partial charge is 0.348 e. The van der Waals surface area contributed by atoms with E-state index in [2.05, 4.69) is 15.2 Å². The number of aromatic nitrogens is 1. The van der Waals surface area contributed by atoms with Crippen molar-refractivity contribution in [3.05, 3.63) is 110 Å². The van der Waals surface area contributed by atoms with Crippen LogP contribution in [0.25, 0.3) is 0 Å². The Morgan fingerprint density at radius 2 is 1.65 bits per heavy atom. The maximum Gasteiger partial charge on any atom is 0.348 e. The molecule has 5 rings (SSSR count). The standard InChI is InChI=1S/C36H39Cl2N3O6S/c1-44-30-13-11-25(19-32(30)45-2)31(20-27-28(37)22-39-23-29(27)38)47-35(42)33-14-12-26(48-33)21-40-34(24-9-5-3-6-10-24)36(43)46-18-17-41-15-7-4-8-16-41/h3,5-6,9-14,19,22-23,31,34,40H,4,7-8,15-18,20-21H2,1-2H3/t31-,34?/m0/s1. The van der Waals surface area contributed by atoms with Crippen molar-refractivity contribution in [3.63, 3.8) is 0 Å². The van der Waals surface area contributed by atoms with Gasteiger partial charge in [-0.2, -0.15) is 0 Å². The summed E-state index contributed by atoms with van der Waals surface area (Å²) in [6.07, 6.45) is 6.09. The zero-order valence-electron chi connectivity index (χ0n) is 27.0. The largest absolute Gasteiger partial charge is 0.493 e. The minimum Gasteiger partial charge on any atom is -0.493 e. The van der Waals surface area contributed by atoms with E-state index in [1.54, 1.807) is 31.4 Å². The molecule has 9 nitrogen and oxygen atoms in total. The molecule has 3 heterocycles. The topological polar surface area (TPSA) is 99.2 Å². The van der Waals surface area contributed by atoms with Crippen molar-refractivity contribution in [2.75, 3.05) is 40.5 Å². The maximum absolute atomic E-state index is 13.6. The first-order chi connectivity index (χ1) is 23.4. The van der Waals surface area contributed by atoms with Gasteiger partial charge in [-0.1, -0.05) is 66.0 Å². The molecule has 2 aromatic heterocycles. The molecule has 12 heteroatoms. The van der Waals surface area contributed by atoms with Crippen molar-refractivity contribution < 1.29 is 28.5 Å². The summed E-state index contributed by atoms with van der Waals surface area (Å²) in [6, 6.07) is 17.7. The van der Waals surface area contributed by atoms with Gasteiger partial charge >= 0.3 is 11.9 Å². The number of likely N-dealkylation sites (tertiary alicyclic amines) is 1. The number of methoxy groups -OCH3 is 2. The number of hydrogen-bond acceptors (Lipinski definition) is 10. The Morgan fingerprint density at radius 3 is 2.35 bits per heavy atom. The Labute approximate surface area is 295 Å². The molecule has 48 heavy (non-hydrogen) atoms. The Hall–Kier alpha value is -3.67. The Morgan fingerprint density at radius 1 is 0.917 bits per heavy atom. The molecule has 4 aromatic rings. The molecular formula is C36H39Cl2N3O6S. The number of nitrogens with zero attached hydrogens (tertiary/aromatic N) is 2. The second kappa shape index (κ2) is 17.6. The van der Waals surface area contributed by atoms with Crippen LogP contribution in [0.1, 0.15) is 62.6 Å². The molecule has 2 atom stereocenters. The third kappa shape index (κ3) is 9.48. The minimum atomic E-state index is -0.749. The van der Waals surface area contributed by atoms with E-state index in [-0.39, 0.29) is 12.4 Å². The lowest BCUT2D eigenvalue weighted by Crippen LogP contribution is -2.35.